The molecule has 1 aromatic rings. The molecule has 1 atom stereocenters. The normalized spacial score (nSPS) is 14.4. The molecule has 17 heavy (non-hydrogen) atoms. The average Bonchev–Trinajstić information content (AvgIpc) is 2.15. The minimum Gasteiger partial charge on any atom is -0.283 e. The molecule has 1 rings (SSSR count). The number of rotatable bonds is 3. The van der Waals surface area contributed by atoms with Gasteiger partial charge >= 0.3 is 0 Å². The zero-order valence-electron chi connectivity index (χ0n) is 10.5. The van der Waals surface area contributed by atoms with E-state index in [0.717, 1.165) is 5.56 Å². The number of hydrogen-bond donors (Lipinski definition) is 1. The lowest BCUT2D eigenvalue weighted by atomic mass is 10.1. The van der Waals surface area contributed by atoms with Gasteiger partial charge in [0.1, 0.15) is 0 Å². The summed E-state index contributed by atoms with van der Waals surface area (Å²) in [6.45, 7) is 6.99. The molecule has 0 aliphatic carbocycles. The first-order chi connectivity index (χ1) is 7.65. The topological polar surface area (TPSA) is 46.2 Å². The highest BCUT2D eigenvalue weighted by molar-refractivity contribution is 9.09. The van der Waals surface area contributed by atoms with Crippen molar-refractivity contribution in [3.8, 4) is 0 Å². The standard InChI is InChI=1S/C12H18BrNO2S/c1-9(13)10-7-5-6-8-11(10)14-17(15,16)12(2,3)4/h5-9,14H,1-4H3. The highest BCUT2D eigenvalue weighted by atomic mass is 79.9. The zero-order valence-corrected chi connectivity index (χ0v) is 12.9. The molecule has 0 saturated carbocycles. The summed E-state index contributed by atoms with van der Waals surface area (Å²) in [6, 6.07) is 7.39. The van der Waals surface area contributed by atoms with Crippen LogP contribution in [0, 0.1) is 0 Å². The smallest absolute Gasteiger partial charge is 0.237 e. The van der Waals surface area contributed by atoms with Crippen LogP contribution in [0.15, 0.2) is 24.3 Å². The Kier molecular flexibility index (Phi) is 4.25. The Balaban J connectivity index is 3.13. The van der Waals surface area contributed by atoms with Crippen LogP contribution in [0.3, 0.4) is 0 Å². The van der Waals surface area contributed by atoms with Gasteiger partial charge in [-0.25, -0.2) is 8.42 Å². The largest absolute Gasteiger partial charge is 0.283 e. The first-order valence-corrected chi connectivity index (χ1v) is 7.80. The zero-order chi connectivity index (χ0) is 13.3. The molecule has 0 aliphatic heterocycles. The molecule has 1 aromatic carbocycles. The Hall–Kier alpha value is -0.550. The van der Waals surface area contributed by atoms with E-state index in [0.29, 0.717) is 5.69 Å². The lowest BCUT2D eigenvalue weighted by Crippen LogP contribution is -2.34. The maximum atomic E-state index is 12.1. The van der Waals surface area contributed by atoms with E-state index in [1.54, 1.807) is 26.8 Å². The van der Waals surface area contributed by atoms with Gasteiger partial charge in [0, 0.05) is 4.83 Å². The third-order valence-corrected chi connectivity index (χ3v) is 5.03. The number of anilines is 1. The Bertz CT molecular complexity index is 489. The number of para-hydroxylation sites is 1. The fraction of sp³-hybridized carbons (Fsp3) is 0.500. The summed E-state index contributed by atoms with van der Waals surface area (Å²) in [6.07, 6.45) is 0. The molecular weight excluding hydrogens is 302 g/mol. The van der Waals surface area contributed by atoms with Crippen LogP contribution in [0.2, 0.25) is 0 Å². The molecule has 3 nitrogen and oxygen atoms in total. The minimum absolute atomic E-state index is 0.0985. The van der Waals surface area contributed by atoms with Crippen molar-refractivity contribution in [3.63, 3.8) is 0 Å². The molecule has 0 radical (unpaired) electrons. The van der Waals surface area contributed by atoms with Crippen molar-refractivity contribution in [2.24, 2.45) is 0 Å². The van der Waals surface area contributed by atoms with E-state index >= 15 is 0 Å². The molecule has 0 heterocycles. The highest BCUT2D eigenvalue weighted by Gasteiger charge is 2.29. The Morgan fingerprint density at radius 2 is 1.76 bits per heavy atom. The predicted octanol–water partition coefficient (Wildman–Crippen LogP) is 3.68. The van der Waals surface area contributed by atoms with Gasteiger partial charge in [0.05, 0.1) is 10.4 Å². The third-order valence-electron chi connectivity index (χ3n) is 2.44. The molecule has 0 aromatic heterocycles. The van der Waals surface area contributed by atoms with Gasteiger partial charge in [0.2, 0.25) is 10.0 Å². The molecule has 0 bridgehead atoms. The molecule has 96 valence electrons. The van der Waals surface area contributed by atoms with Crippen LogP contribution in [-0.2, 0) is 10.0 Å². The van der Waals surface area contributed by atoms with Gasteiger partial charge in [0.25, 0.3) is 0 Å². The van der Waals surface area contributed by atoms with Crippen LogP contribution in [0.25, 0.3) is 0 Å². The monoisotopic (exact) mass is 319 g/mol. The summed E-state index contributed by atoms with van der Waals surface area (Å²) in [5, 5.41) is 0. The average molecular weight is 320 g/mol. The van der Waals surface area contributed by atoms with Crippen LogP contribution in [0.1, 0.15) is 38.1 Å². The van der Waals surface area contributed by atoms with Crippen LogP contribution in [-0.4, -0.2) is 13.2 Å². The third kappa shape index (κ3) is 3.45. The number of hydrogen-bond acceptors (Lipinski definition) is 2. The quantitative estimate of drug-likeness (QED) is 0.864. The number of alkyl halides is 1. The summed E-state index contributed by atoms with van der Waals surface area (Å²) >= 11 is 3.46. The van der Waals surface area contributed by atoms with E-state index in [1.807, 2.05) is 25.1 Å². The Morgan fingerprint density at radius 3 is 2.24 bits per heavy atom. The number of nitrogens with one attached hydrogen (secondary N) is 1. The van der Waals surface area contributed by atoms with Crippen molar-refractivity contribution in [1.82, 2.24) is 0 Å². The van der Waals surface area contributed by atoms with Crippen molar-refractivity contribution in [2.45, 2.75) is 37.3 Å². The Labute approximate surface area is 112 Å². The molecular formula is C12H18BrNO2S. The van der Waals surface area contributed by atoms with Crippen molar-refractivity contribution in [3.05, 3.63) is 29.8 Å². The van der Waals surface area contributed by atoms with Crippen LogP contribution < -0.4 is 4.72 Å². The van der Waals surface area contributed by atoms with E-state index in [1.165, 1.54) is 0 Å². The highest BCUT2D eigenvalue weighted by Crippen LogP contribution is 2.30. The van der Waals surface area contributed by atoms with E-state index in [4.69, 9.17) is 0 Å². The van der Waals surface area contributed by atoms with E-state index in [2.05, 4.69) is 20.7 Å². The summed E-state index contributed by atoms with van der Waals surface area (Å²) in [7, 11) is -3.38. The molecule has 1 unspecified atom stereocenters. The Morgan fingerprint density at radius 1 is 1.24 bits per heavy atom. The second-order valence-electron chi connectivity index (χ2n) is 4.92. The molecule has 5 heteroatoms. The first-order valence-electron chi connectivity index (χ1n) is 5.40. The lowest BCUT2D eigenvalue weighted by Gasteiger charge is -2.22. The molecule has 0 amide bonds. The van der Waals surface area contributed by atoms with Crippen LogP contribution in [0.5, 0.6) is 0 Å². The molecule has 0 spiro atoms. The van der Waals surface area contributed by atoms with Gasteiger partial charge in [-0.1, -0.05) is 34.1 Å². The fourth-order valence-electron chi connectivity index (χ4n) is 1.23. The maximum Gasteiger partial charge on any atom is 0.237 e. The van der Waals surface area contributed by atoms with Gasteiger partial charge in [-0.15, -0.1) is 0 Å². The van der Waals surface area contributed by atoms with Gasteiger partial charge in [-0.05, 0) is 39.3 Å². The summed E-state index contributed by atoms with van der Waals surface area (Å²) in [5.74, 6) is 0. The number of sulfonamides is 1. The first kappa shape index (κ1) is 14.5. The van der Waals surface area contributed by atoms with Crippen molar-refractivity contribution >= 4 is 31.6 Å². The SMILES string of the molecule is CC(Br)c1ccccc1NS(=O)(=O)C(C)(C)C. The van der Waals surface area contributed by atoms with E-state index in [9.17, 15) is 8.42 Å². The second kappa shape index (κ2) is 4.98. The van der Waals surface area contributed by atoms with E-state index in [-0.39, 0.29) is 4.83 Å². The summed E-state index contributed by atoms with van der Waals surface area (Å²) < 4.78 is 26.0. The molecule has 0 aliphatic rings. The van der Waals surface area contributed by atoms with Crippen molar-refractivity contribution < 1.29 is 8.42 Å². The molecule has 0 fully saturated rings. The van der Waals surface area contributed by atoms with Gasteiger partial charge in [0.15, 0.2) is 0 Å². The van der Waals surface area contributed by atoms with Gasteiger partial charge in [-0.3, -0.25) is 4.72 Å². The fourth-order valence-corrected chi connectivity index (χ4v) is 2.42. The number of halogens is 1. The lowest BCUT2D eigenvalue weighted by molar-refractivity contribution is 0.566. The maximum absolute atomic E-state index is 12.1. The summed E-state index contributed by atoms with van der Waals surface area (Å²) in [5.41, 5.74) is 1.56. The molecule has 0 saturated heterocycles. The predicted molar refractivity (Wildman–Crippen MR) is 76.1 cm³/mol. The summed E-state index contributed by atoms with van der Waals surface area (Å²) in [4.78, 5) is 0.0985. The number of benzene rings is 1. The minimum atomic E-state index is -3.38. The molecule has 1 N–H and O–H groups in total. The van der Waals surface area contributed by atoms with Crippen LogP contribution >= 0.6 is 15.9 Å². The van der Waals surface area contributed by atoms with E-state index < -0.39 is 14.8 Å². The van der Waals surface area contributed by atoms with Gasteiger partial charge in [-0.2, -0.15) is 0 Å². The van der Waals surface area contributed by atoms with Gasteiger partial charge < -0.3 is 0 Å². The van der Waals surface area contributed by atoms with Crippen LogP contribution in [0.4, 0.5) is 5.69 Å². The van der Waals surface area contributed by atoms with Crippen molar-refractivity contribution in [1.29, 1.82) is 0 Å². The van der Waals surface area contributed by atoms with Crippen molar-refractivity contribution in [2.75, 3.05) is 4.72 Å². The second-order valence-corrected chi connectivity index (χ2v) is 8.73.